The summed E-state index contributed by atoms with van der Waals surface area (Å²) in [7, 11) is 0. The Bertz CT molecular complexity index is 502. The van der Waals surface area contributed by atoms with Crippen LogP contribution < -0.4 is 0 Å². The molecule has 0 aromatic carbocycles. The van der Waals surface area contributed by atoms with Gasteiger partial charge in [-0.25, -0.2) is 0 Å². The van der Waals surface area contributed by atoms with E-state index in [-0.39, 0.29) is 30.5 Å². The summed E-state index contributed by atoms with van der Waals surface area (Å²) in [4.78, 5) is 23.6. The second kappa shape index (κ2) is 5.99. The Hall–Kier alpha value is -1.14. The SMILES string of the molecule is O=C(O)CC(CC1CCC2OC2C1)(CC1CCC2OC2C1)C(=O)O. The van der Waals surface area contributed by atoms with Crippen molar-refractivity contribution in [2.24, 2.45) is 17.3 Å². The maximum Gasteiger partial charge on any atom is 0.310 e. The zero-order valence-electron chi connectivity index (χ0n) is 13.9. The van der Waals surface area contributed by atoms with E-state index < -0.39 is 17.4 Å². The first-order valence-corrected chi connectivity index (χ1v) is 9.21. The molecule has 2 saturated heterocycles. The van der Waals surface area contributed by atoms with Gasteiger partial charge in [-0.3, -0.25) is 9.59 Å². The van der Waals surface area contributed by atoms with Crippen LogP contribution in [0.5, 0.6) is 0 Å². The van der Waals surface area contributed by atoms with Gasteiger partial charge in [0.05, 0.1) is 36.3 Å². The van der Waals surface area contributed by atoms with Gasteiger partial charge in [0.1, 0.15) is 0 Å². The summed E-state index contributed by atoms with van der Waals surface area (Å²) in [6, 6.07) is 0. The zero-order chi connectivity index (χ0) is 16.9. The van der Waals surface area contributed by atoms with Gasteiger partial charge in [-0.05, 0) is 63.2 Å². The quantitative estimate of drug-likeness (QED) is 0.692. The number of hydrogen-bond acceptors (Lipinski definition) is 4. The molecule has 0 radical (unpaired) electrons. The molecule has 2 N–H and O–H groups in total. The van der Waals surface area contributed by atoms with Crippen LogP contribution in [-0.4, -0.2) is 46.6 Å². The van der Waals surface area contributed by atoms with Gasteiger partial charge in [-0.1, -0.05) is 0 Å². The van der Waals surface area contributed by atoms with E-state index in [9.17, 15) is 19.8 Å². The van der Waals surface area contributed by atoms with Crippen molar-refractivity contribution < 1.29 is 29.3 Å². The van der Waals surface area contributed by atoms with E-state index in [1.54, 1.807) is 0 Å². The molecule has 2 saturated carbocycles. The molecule has 0 amide bonds. The Kier molecular flexibility index (Phi) is 4.07. The molecule has 6 unspecified atom stereocenters. The Morgan fingerprint density at radius 1 is 0.833 bits per heavy atom. The average molecular weight is 338 g/mol. The van der Waals surface area contributed by atoms with Crippen molar-refractivity contribution >= 4 is 11.9 Å². The molecule has 2 heterocycles. The molecule has 0 aromatic heterocycles. The van der Waals surface area contributed by atoms with Crippen molar-refractivity contribution in [3.63, 3.8) is 0 Å². The lowest BCUT2D eigenvalue weighted by Gasteiger charge is -2.36. The van der Waals surface area contributed by atoms with Gasteiger partial charge >= 0.3 is 11.9 Å². The van der Waals surface area contributed by atoms with E-state index >= 15 is 0 Å². The summed E-state index contributed by atoms with van der Waals surface area (Å²) >= 11 is 0. The van der Waals surface area contributed by atoms with Crippen molar-refractivity contribution in [2.75, 3.05) is 0 Å². The largest absolute Gasteiger partial charge is 0.481 e. The van der Waals surface area contributed by atoms with Crippen LogP contribution in [0.15, 0.2) is 0 Å². The summed E-state index contributed by atoms with van der Waals surface area (Å²) in [5.74, 6) is -1.43. The average Bonchev–Trinajstić information content (AvgIpc) is 3.39. The van der Waals surface area contributed by atoms with Gasteiger partial charge in [0.2, 0.25) is 0 Å². The fourth-order valence-corrected chi connectivity index (χ4v) is 5.22. The number of fused-ring (bicyclic) bond motifs is 2. The number of carboxylic acid groups (broad SMARTS) is 2. The van der Waals surface area contributed by atoms with Crippen LogP contribution >= 0.6 is 0 Å². The van der Waals surface area contributed by atoms with Gasteiger partial charge in [0, 0.05) is 0 Å². The van der Waals surface area contributed by atoms with E-state index in [0.717, 1.165) is 38.5 Å². The molecular formula is C18H26O6. The Morgan fingerprint density at radius 3 is 1.71 bits per heavy atom. The molecule has 2 aliphatic carbocycles. The first-order valence-electron chi connectivity index (χ1n) is 9.21. The summed E-state index contributed by atoms with van der Waals surface area (Å²) in [5, 5.41) is 19.3. The highest BCUT2D eigenvalue weighted by Gasteiger charge is 2.51. The minimum atomic E-state index is -1.15. The van der Waals surface area contributed by atoms with Crippen LogP contribution in [-0.2, 0) is 19.1 Å². The number of hydrogen-bond donors (Lipinski definition) is 2. The lowest BCUT2D eigenvalue weighted by molar-refractivity contribution is -0.158. The van der Waals surface area contributed by atoms with E-state index in [0.29, 0.717) is 25.0 Å². The summed E-state index contributed by atoms with van der Waals surface area (Å²) < 4.78 is 11.1. The summed E-state index contributed by atoms with van der Waals surface area (Å²) in [6.45, 7) is 0. The van der Waals surface area contributed by atoms with Crippen molar-refractivity contribution in [2.45, 2.75) is 82.2 Å². The molecule has 6 nitrogen and oxygen atoms in total. The van der Waals surface area contributed by atoms with Crippen molar-refractivity contribution in [3.8, 4) is 0 Å². The lowest BCUT2D eigenvalue weighted by atomic mass is 9.66. The van der Waals surface area contributed by atoms with Crippen LogP contribution in [0.3, 0.4) is 0 Å². The second-order valence-electron chi connectivity index (χ2n) is 8.35. The normalized spacial score (nSPS) is 42.3. The highest BCUT2D eigenvalue weighted by molar-refractivity contribution is 5.81. The van der Waals surface area contributed by atoms with E-state index in [1.165, 1.54) is 0 Å². The third-order valence-electron chi connectivity index (χ3n) is 6.53. The molecule has 4 rings (SSSR count). The molecule has 0 aromatic rings. The summed E-state index contributed by atoms with van der Waals surface area (Å²) in [6.07, 6.45) is 7.63. The molecule has 4 fully saturated rings. The fraction of sp³-hybridized carbons (Fsp3) is 0.889. The first-order chi connectivity index (χ1) is 11.4. The first kappa shape index (κ1) is 16.3. The van der Waals surface area contributed by atoms with Crippen molar-refractivity contribution in [1.82, 2.24) is 0 Å². The minimum Gasteiger partial charge on any atom is -0.481 e. The van der Waals surface area contributed by atoms with E-state index in [1.807, 2.05) is 0 Å². The smallest absolute Gasteiger partial charge is 0.310 e. The maximum atomic E-state index is 12.2. The number of rotatable bonds is 7. The zero-order valence-corrected chi connectivity index (χ0v) is 13.9. The molecule has 6 heteroatoms. The number of epoxide rings is 2. The standard InChI is InChI=1S/C18H26O6/c19-16(20)9-18(17(21)22,7-10-1-3-12-14(5-10)23-12)8-11-2-4-13-15(6-11)24-13/h10-15H,1-9H2,(H,19,20)(H,21,22). The minimum absolute atomic E-state index is 0.262. The van der Waals surface area contributed by atoms with Crippen LogP contribution in [0.1, 0.15) is 57.8 Å². The third kappa shape index (κ3) is 3.31. The van der Waals surface area contributed by atoms with E-state index in [2.05, 4.69) is 0 Å². The molecule has 2 aliphatic heterocycles. The Labute approximate surface area is 141 Å². The lowest BCUT2D eigenvalue weighted by Crippen LogP contribution is -2.39. The predicted molar refractivity (Wildman–Crippen MR) is 83.6 cm³/mol. The van der Waals surface area contributed by atoms with Crippen LogP contribution in [0.2, 0.25) is 0 Å². The molecule has 24 heavy (non-hydrogen) atoms. The fourth-order valence-electron chi connectivity index (χ4n) is 5.22. The van der Waals surface area contributed by atoms with Crippen molar-refractivity contribution in [1.29, 1.82) is 0 Å². The Morgan fingerprint density at radius 2 is 1.33 bits per heavy atom. The number of aliphatic carboxylic acids is 2. The van der Waals surface area contributed by atoms with Gasteiger partial charge in [0.25, 0.3) is 0 Å². The van der Waals surface area contributed by atoms with Gasteiger partial charge < -0.3 is 19.7 Å². The highest BCUT2D eigenvalue weighted by atomic mass is 16.6. The second-order valence-corrected chi connectivity index (χ2v) is 8.35. The molecule has 0 bridgehead atoms. The van der Waals surface area contributed by atoms with Gasteiger partial charge in [-0.15, -0.1) is 0 Å². The predicted octanol–water partition coefficient (Wildman–Crippen LogP) is 2.45. The highest BCUT2D eigenvalue weighted by Crippen LogP contribution is 2.49. The third-order valence-corrected chi connectivity index (χ3v) is 6.53. The monoisotopic (exact) mass is 338 g/mol. The van der Waals surface area contributed by atoms with Gasteiger partial charge in [-0.2, -0.15) is 0 Å². The maximum absolute atomic E-state index is 12.2. The van der Waals surface area contributed by atoms with Crippen LogP contribution in [0.4, 0.5) is 0 Å². The van der Waals surface area contributed by atoms with Crippen LogP contribution in [0, 0.1) is 17.3 Å². The number of ether oxygens (including phenoxy) is 2. The summed E-state index contributed by atoms with van der Waals surface area (Å²) in [5.41, 5.74) is -1.15. The molecule has 6 atom stereocenters. The molecule has 134 valence electrons. The molecular weight excluding hydrogens is 312 g/mol. The van der Waals surface area contributed by atoms with Crippen molar-refractivity contribution in [3.05, 3.63) is 0 Å². The number of carboxylic acids is 2. The Balaban J connectivity index is 1.47. The molecule has 0 spiro atoms. The number of carbonyl (C=O) groups is 2. The molecule has 4 aliphatic rings. The van der Waals surface area contributed by atoms with E-state index in [4.69, 9.17) is 9.47 Å². The topological polar surface area (TPSA) is 99.7 Å². The van der Waals surface area contributed by atoms with Crippen LogP contribution in [0.25, 0.3) is 0 Å². The van der Waals surface area contributed by atoms with Gasteiger partial charge in [0.15, 0.2) is 0 Å².